The summed E-state index contributed by atoms with van der Waals surface area (Å²) in [6.45, 7) is -0.0424. The topological polar surface area (TPSA) is 29.1 Å². The van der Waals surface area contributed by atoms with Crippen LogP contribution in [0.2, 0.25) is 0 Å². The molecule has 1 aromatic carbocycles. The zero-order valence-corrected chi connectivity index (χ0v) is 5.62. The summed E-state index contributed by atoms with van der Waals surface area (Å²) in [6, 6.07) is 9.62. The van der Waals surface area contributed by atoms with Gasteiger partial charge in [0.15, 0.2) is 6.79 Å². The third-order valence-corrected chi connectivity index (χ3v) is 1.19. The van der Waals surface area contributed by atoms with E-state index < -0.39 is 6.79 Å². The third kappa shape index (κ3) is 2.17. The van der Waals surface area contributed by atoms with Crippen LogP contribution in [0.1, 0.15) is 5.56 Å². The van der Waals surface area contributed by atoms with Gasteiger partial charge in [-0.05, 0) is 5.56 Å². The first-order valence-electron chi connectivity index (χ1n) is 3.13. The molecular weight excluding hydrogens is 128 g/mol. The normalized spacial score (nSPS) is 9.70. The number of benzene rings is 1. The minimum absolute atomic E-state index is 0.421. The molecule has 2 heteroatoms. The third-order valence-electron chi connectivity index (χ3n) is 1.19. The first kappa shape index (κ1) is 7.25. The molecule has 0 fully saturated rings. The Hall–Kier alpha value is -0.860. The molecule has 0 aromatic heterocycles. The number of rotatable bonds is 3. The first-order valence-corrected chi connectivity index (χ1v) is 3.13. The van der Waals surface area contributed by atoms with Gasteiger partial charge in [0, 0.05) is 0 Å². The van der Waals surface area contributed by atoms with Crippen LogP contribution in [0.25, 0.3) is 0 Å². The molecule has 0 aliphatic heterocycles. The van der Waals surface area contributed by atoms with Crippen LogP contribution in [0.15, 0.2) is 30.3 Å². The van der Waals surface area contributed by atoms with Crippen molar-refractivity contribution in [2.75, 3.05) is 6.79 Å². The van der Waals surface area contributed by atoms with Crippen molar-refractivity contribution in [3.05, 3.63) is 35.9 Å². The fraction of sp³-hybridized carbons (Fsp3) is 0.250. The van der Waals surface area contributed by atoms with E-state index in [1.807, 2.05) is 30.3 Å². The summed E-state index contributed by atoms with van der Waals surface area (Å²) in [6.07, 6.45) is 0. The quantitative estimate of drug-likeness (QED) is 0.581. The van der Waals surface area contributed by atoms with Gasteiger partial charge in [0.25, 0.3) is 0 Å². The Morgan fingerprint density at radius 1 is 1.20 bits per heavy atom. The second-order valence-corrected chi connectivity index (χ2v) is 1.95. The minimum atomic E-state index is -0.463. The summed E-state index contributed by atoms with van der Waals surface area (Å²) in [7, 11) is 0. The van der Waals surface area contributed by atoms with Crippen molar-refractivity contribution >= 4 is 0 Å². The SMILES string of the molecule is [O]COCc1ccccc1. The van der Waals surface area contributed by atoms with Gasteiger partial charge in [0.1, 0.15) is 0 Å². The average Bonchev–Trinajstić information content (AvgIpc) is 2.03. The Morgan fingerprint density at radius 2 is 1.90 bits per heavy atom. The summed E-state index contributed by atoms with van der Waals surface area (Å²) in [5, 5.41) is 9.88. The van der Waals surface area contributed by atoms with Crippen LogP contribution in [0.4, 0.5) is 0 Å². The Morgan fingerprint density at radius 3 is 2.50 bits per heavy atom. The molecule has 0 heterocycles. The molecule has 0 unspecified atom stereocenters. The average molecular weight is 137 g/mol. The van der Waals surface area contributed by atoms with Gasteiger partial charge in [-0.15, -0.1) is 0 Å². The molecule has 0 spiro atoms. The Balaban J connectivity index is 2.43. The molecule has 0 saturated heterocycles. The highest BCUT2D eigenvalue weighted by molar-refractivity contribution is 5.13. The van der Waals surface area contributed by atoms with Crippen LogP contribution in [-0.4, -0.2) is 6.79 Å². The van der Waals surface area contributed by atoms with Crippen molar-refractivity contribution in [3.8, 4) is 0 Å². The molecule has 0 aliphatic carbocycles. The lowest BCUT2D eigenvalue weighted by Gasteiger charge is -1.97. The summed E-state index contributed by atoms with van der Waals surface area (Å²) < 4.78 is 4.66. The lowest BCUT2D eigenvalue weighted by Crippen LogP contribution is -1.91. The van der Waals surface area contributed by atoms with E-state index in [9.17, 15) is 5.11 Å². The summed E-state index contributed by atoms with van der Waals surface area (Å²) in [5.41, 5.74) is 1.04. The highest BCUT2D eigenvalue weighted by Gasteiger charge is 1.87. The van der Waals surface area contributed by atoms with Crippen molar-refractivity contribution in [1.29, 1.82) is 0 Å². The molecule has 0 N–H and O–H groups in total. The fourth-order valence-electron chi connectivity index (χ4n) is 0.734. The van der Waals surface area contributed by atoms with E-state index in [0.29, 0.717) is 6.61 Å². The Bertz CT molecular complexity index is 172. The van der Waals surface area contributed by atoms with Gasteiger partial charge in [0.2, 0.25) is 0 Å². The largest absolute Gasteiger partial charge is 0.348 e. The Kier molecular flexibility index (Phi) is 2.93. The monoisotopic (exact) mass is 137 g/mol. The van der Waals surface area contributed by atoms with Crippen molar-refractivity contribution in [3.63, 3.8) is 0 Å². The standard InChI is InChI=1S/C8H9O2/c9-7-10-6-8-4-2-1-3-5-8/h1-5H,6-7H2. The fourth-order valence-corrected chi connectivity index (χ4v) is 0.734. The van der Waals surface area contributed by atoms with E-state index in [4.69, 9.17) is 0 Å². The number of hydrogen-bond donors (Lipinski definition) is 0. The van der Waals surface area contributed by atoms with E-state index in [1.54, 1.807) is 0 Å². The van der Waals surface area contributed by atoms with Crippen LogP contribution >= 0.6 is 0 Å². The molecule has 0 amide bonds. The van der Waals surface area contributed by atoms with Gasteiger partial charge in [-0.1, -0.05) is 30.3 Å². The highest BCUT2D eigenvalue weighted by atomic mass is 16.6. The first-order chi connectivity index (χ1) is 4.93. The maximum atomic E-state index is 9.88. The maximum absolute atomic E-state index is 9.88. The predicted octanol–water partition coefficient (Wildman–Crippen LogP) is 1.59. The van der Waals surface area contributed by atoms with E-state index >= 15 is 0 Å². The second-order valence-electron chi connectivity index (χ2n) is 1.95. The Labute approximate surface area is 60.1 Å². The predicted molar refractivity (Wildman–Crippen MR) is 36.8 cm³/mol. The van der Waals surface area contributed by atoms with E-state index in [1.165, 1.54) is 0 Å². The van der Waals surface area contributed by atoms with Gasteiger partial charge in [-0.25, -0.2) is 5.11 Å². The minimum Gasteiger partial charge on any atom is -0.348 e. The maximum Gasteiger partial charge on any atom is 0.181 e. The second kappa shape index (κ2) is 4.04. The van der Waals surface area contributed by atoms with Crippen LogP contribution in [-0.2, 0) is 16.5 Å². The van der Waals surface area contributed by atoms with E-state index in [0.717, 1.165) is 5.56 Å². The smallest absolute Gasteiger partial charge is 0.181 e. The van der Waals surface area contributed by atoms with E-state index in [2.05, 4.69) is 4.74 Å². The van der Waals surface area contributed by atoms with Crippen molar-refractivity contribution in [1.82, 2.24) is 0 Å². The van der Waals surface area contributed by atoms with Crippen LogP contribution in [0, 0.1) is 0 Å². The van der Waals surface area contributed by atoms with Crippen LogP contribution in [0.3, 0.4) is 0 Å². The lowest BCUT2D eigenvalue weighted by atomic mass is 10.2. The van der Waals surface area contributed by atoms with Gasteiger partial charge >= 0.3 is 0 Å². The molecule has 0 bridgehead atoms. The molecule has 2 nitrogen and oxygen atoms in total. The zero-order valence-electron chi connectivity index (χ0n) is 5.62. The zero-order chi connectivity index (χ0) is 7.23. The lowest BCUT2D eigenvalue weighted by molar-refractivity contribution is -0.0522. The van der Waals surface area contributed by atoms with Gasteiger partial charge in [-0.2, -0.15) is 0 Å². The molecule has 0 aliphatic rings. The summed E-state index contributed by atoms with van der Waals surface area (Å²) in [4.78, 5) is 0. The molecule has 10 heavy (non-hydrogen) atoms. The van der Waals surface area contributed by atoms with Crippen molar-refractivity contribution in [2.24, 2.45) is 0 Å². The molecule has 1 radical (unpaired) electrons. The summed E-state index contributed by atoms with van der Waals surface area (Å²) in [5.74, 6) is 0. The molecule has 0 atom stereocenters. The van der Waals surface area contributed by atoms with Crippen LogP contribution in [0.5, 0.6) is 0 Å². The molecule has 53 valence electrons. The van der Waals surface area contributed by atoms with E-state index in [-0.39, 0.29) is 0 Å². The molecule has 1 rings (SSSR count). The van der Waals surface area contributed by atoms with Crippen molar-refractivity contribution in [2.45, 2.75) is 6.61 Å². The molecule has 1 aromatic rings. The highest BCUT2D eigenvalue weighted by Crippen LogP contribution is 1.99. The van der Waals surface area contributed by atoms with Crippen LogP contribution < -0.4 is 0 Å². The molecule has 0 saturated carbocycles. The van der Waals surface area contributed by atoms with Gasteiger partial charge in [-0.3, -0.25) is 0 Å². The van der Waals surface area contributed by atoms with Crippen molar-refractivity contribution < 1.29 is 9.84 Å². The molecular formula is C8H9O2. The van der Waals surface area contributed by atoms with Gasteiger partial charge < -0.3 is 4.74 Å². The summed E-state index contributed by atoms with van der Waals surface area (Å²) >= 11 is 0. The number of ether oxygens (including phenoxy) is 1. The number of hydrogen-bond acceptors (Lipinski definition) is 1. The van der Waals surface area contributed by atoms with Gasteiger partial charge in [0.05, 0.1) is 6.61 Å².